The Labute approximate surface area is 243 Å². The molecule has 3 amide bonds. The number of aromatic amines is 1. The Balaban J connectivity index is 1.84. The maximum absolute atomic E-state index is 13.6. The Morgan fingerprint density at radius 1 is 0.833 bits per heavy atom. The third kappa shape index (κ3) is 8.64. The number of amides is 3. The van der Waals surface area contributed by atoms with Gasteiger partial charge in [-0.2, -0.15) is 0 Å². The second-order valence-corrected chi connectivity index (χ2v) is 10.3. The second-order valence-electron chi connectivity index (χ2n) is 10.3. The van der Waals surface area contributed by atoms with Gasteiger partial charge in [0.05, 0.1) is 12.5 Å². The summed E-state index contributed by atoms with van der Waals surface area (Å²) in [5.41, 5.74) is 7.98. The molecule has 1 heterocycles. The highest BCUT2D eigenvalue weighted by atomic mass is 16.4. The van der Waals surface area contributed by atoms with Crippen LogP contribution in [0.2, 0.25) is 0 Å². The van der Waals surface area contributed by atoms with Crippen LogP contribution in [-0.2, 0) is 36.8 Å². The highest BCUT2D eigenvalue weighted by molar-refractivity contribution is 5.95. The van der Waals surface area contributed by atoms with E-state index in [1.807, 2.05) is 31.2 Å². The fourth-order valence-electron chi connectivity index (χ4n) is 4.56. The zero-order chi connectivity index (χ0) is 30.8. The van der Waals surface area contributed by atoms with Crippen molar-refractivity contribution in [2.75, 3.05) is 0 Å². The van der Waals surface area contributed by atoms with Gasteiger partial charge >= 0.3 is 11.9 Å². The molecule has 5 atom stereocenters. The molecule has 0 saturated carbocycles. The molecular formula is C30H37N5O7. The number of H-pyrrole nitrogens is 1. The van der Waals surface area contributed by atoms with E-state index in [9.17, 15) is 29.1 Å². The number of carbonyl (C=O) groups excluding carboxylic acids is 3. The molecule has 8 N–H and O–H groups in total. The fourth-order valence-corrected chi connectivity index (χ4v) is 4.56. The number of carboxylic acids is 2. The fraction of sp³-hybridized carbons (Fsp3) is 0.367. The van der Waals surface area contributed by atoms with Crippen LogP contribution in [0, 0.1) is 5.92 Å². The third-order valence-corrected chi connectivity index (χ3v) is 7.15. The van der Waals surface area contributed by atoms with Crippen LogP contribution in [0.1, 0.15) is 37.8 Å². The highest BCUT2D eigenvalue weighted by Crippen LogP contribution is 2.20. The number of hydrogen-bond acceptors (Lipinski definition) is 6. The standard InChI is InChI=1S/C30H37N5O7/c1-3-17(2)26(29(40)34-24(30(41)42)13-18-9-5-4-6-10-18)35-28(39)23(33-27(38)21(31)15-25(36)37)14-19-16-32-22-12-8-7-11-20(19)22/h4-12,16-17,21,23-24,26,32H,3,13-15,31H2,1-2H3,(H,33,38)(H,34,40)(H,35,39)(H,36,37)(H,41,42). The summed E-state index contributed by atoms with van der Waals surface area (Å²) in [4.78, 5) is 65.9. The molecule has 0 fully saturated rings. The molecule has 0 spiro atoms. The van der Waals surface area contributed by atoms with E-state index in [0.717, 1.165) is 10.9 Å². The lowest BCUT2D eigenvalue weighted by Crippen LogP contribution is -2.59. The van der Waals surface area contributed by atoms with Gasteiger partial charge in [0.1, 0.15) is 18.1 Å². The SMILES string of the molecule is CCC(C)C(NC(=O)C(Cc1c[nH]c2ccccc12)NC(=O)C(N)CC(=O)O)C(=O)NC(Cc1ccccc1)C(=O)O. The molecule has 0 aliphatic heterocycles. The Morgan fingerprint density at radius 2 is 1.48 bits per heavy atom. The summed E-state index contributed by atoms with van der Waals surface area (Å²) >= 11 is 0. The Kier molecular flexibility index (Phi) is 11.2. The van der Waals surface area contributed by atoms with Crippen LogP contribution in [0.4, 0.5) is 0 Å². The lowest BCUT2D eigenvalue weighted by Gasteiger charge is -2.28. The van der Waals surface area contributed by atoms with Gasteiger partial charge in [-0.25, -0.2) is 4.79 Å². The molecule has 42 heavy (non-hydrogen) atoms. The van der Waals surface area contributed by atoms with E-state index < -0.39 is 60.2 Å². The maximum Gasteiger partial charge on any atom is 0.326 e. The largest absolute Gasteiger partial charge is 0.481 e. The number of benzene rings is 2. The van der Waals surface area contributed by atoms with Gasteiger partial charge in [-0.1, -0.05) is 68.8 Å². The number of aliphatic carboxylic acids is 2. The van der Waals surface area contributed by atoms with Crippen LogP contribution in [0.25, 0.3) is 10.9 Å². The maximum atomic E-state index is 13.6. The monoisotopic (exact) mass is 579 g/mol. The Bertz CT molecular complexity index is 1410. The van der Waals surface area contributed by atoms with Crippen molar-refractivity contribution in [2.24, 2.45) is 11.7 Å². The molecule has 12 heteroatoms. The molecule has 0 aliphatic carbocycles. The van der Waals surface area contributed by atoms with Crippen LogP contribution in [0.3, 0.4) is 0 Å². The number of aromatic nitrogens is 1. The Morgan fingerprint density at radius 3 is 2.12 bits per heavy atom. The minimum Gasteiger partial charge on any atom is -0.481 e. The first kappa shape index (κ1) is 31.8. The van der Waals surface area contributed by atoms with Crippen molar-refractivity contribution in [1.29, 1.82) is 0 Å². The molecule has 0 aliphatic rings. The van der Waals surface area contributed by atoms with Gasteiger partial charge in [0, 0.05) is 29.9 Å². The first-order valence-corrected chi connectivity index (χ1v) is 13.7. The number of fused-ring (bicyclic) bond motifs is 1. The number of carboxylic acid groups (broad SMARTS) is 2. The predicted molar refractivity (Wildman–Crippen MR) is 155 cm³/mol. The Hall–Kier alpha value is -4.71. The first-order valence-electron chi connectivity index (χ1n) is 13.7. The summed E-state index contributed by atoms with van der Waals surface area (Å²) in [6.07, 6.45) is 1.61. The van der Waals surface area contributed by atoms with E-state index in [-0.39, 0.29) is 18.8 Å². The van der Waals surface area contributed by atoms with Crippen molar-refractivity contribution in [3.8, 4) is 0 Å². The quantitative estimate of drug-likeness (QED) is 0.140. The second kappa shape index (κ2) is 14.8. The van der Waals surface area contributed by atoms with Gasteiger partial charge in [-0.15, -0.1) is 0 Å². The van der Waals surface area contributed by atoms with Crippen LogP contribution < -0.4 is 21.7 Å². The van der Waals surface area contributed by atoms with Crippen LogP contribution in [-0.4, -0.2) is 69.0 Å². The summed E-state index contributed by atoms with van der Waals surface area (Å²) < 4.78 is 0. The van der Waals surface area contributed by atoms with Crippen molar-refractivity contribution < 1.29 is 34.2 Å². The molecular weight excluding hydrogens is 542 g/mol. The smallest absolute Gasteiger partial charge is 0.326 e. The molecule has 3 rings (SSSR count). The summed E-state index contributed by atoms with van der Waals surface area (Å²) in [5, 5.41) is 27.4. The average Bonchev–Trinajstić information content (AvgIpc) is 3.37. The van der Waals surface area contributed by atoms with Gasteiger partial charge in [-0.05, 0) is 23.1 Å². The lowest BCUT2D eigenvalue weighted by atomic mass is 9.96. The minimum atomic E-state index is -1.40. The van der Waals surface area contributed by atoms with Gasteiger partial charge in [0.25, 0.3) is 0 Å². The number of hydrogen-bond donors (Lipinski definition) is 7. The van der Waals surface area contributed by atoms with Crippen LogP contribution in [0.5, 0.6) is 0 Å². The molecule has 0 radical (unpaired) electrons. The molecule has 5 unspecified atom stereocenters. The highest BCUT2D eigenvalue weighted by Gasteiger charge is 2.33. The molecule has 224 valence electrons. The number of rotatable bonds is 15. The topological polar surface area (TPSA) is 204 Å². The lowest BCUT2D eigenvalue weighted by molar-refractivity contribution is -0.142. The van der Waals surface area contributed by atoms with Crippen LogP contribution >= 0.6 is 0 Å². The normalized spacial score (nSPS) is 14.6. The molecule has 3 aromatic rings. The van der Waals surface area contributed by atoms with Crippen molar-refractivity contribution >= 4 is 40.6 Å². The number of nitrogens with one attached hydrogen (secondary N) is 4. The summed E-state index contributed by atoms with van der Waals surface area (Å²) in [6, 6.07) is 11.2. The molecule has 0 bridgehead atoms. The van der Waals surface area contributed by atoms with E-state index in [1.54, 1.807) is 43.5 Å². The summed E-state index contributed by atoms with van der Waals surface area (Å²) in [6.45, 7) is 3.57. The molecule has 12 nitrogen and oxygen atoms in total. The van der Waals surface area contributed by atoms with Crippen molar-refractivity contribution in [2.45, 2.75) is 63.7 Å². The molecule has 2 aromatic carbocycles. The summed E-state index contributed by atoms with van der Waals surface area (Å²) in [7, 11) is 0. The zero-order valence-electron chi connectivity index (χ0n) is 23.5. The van der Waals surface area contributed by atoms with Gasteiger partial charge in [-0.3, -0.25) is 19.2 Å². The van der Waals surface area contributed by atoms with E-state index >= 15 is 0 Å². The van der Waals surface area contributed by atoms with Crippen molar-refractivity contribution in [3.05, 3.63) is 71.9 Å². The van der Waals surface area contributed by atoms with E-state index in [4.69, 9.17) is 10.8 Å². The van der Waals surface area contributed by atoms with E-state index in [0.29, 0.717) is 17.5 Å². The predicted octanol–water partition coefficient (Wildman–Crippen LogP) is 1.34. The minimum absolute atomic E-state index is 0.0159. The number of nitrogens with two attached hydrogens (primary N) is 1. The molecule has 1 aromatic heterocycles. The number of carbonyl (C=O) groups is 5. The summed E-state index contributed by atoms with van der Waals surface area (Å²) in [5.74, 6) is -5.10. The van der Waals surface area contributed by atoms with Crippen molar-refractivity contribution in [1.82, 2.24) is 20.9 Å². The van der Waals surface area contributed by atoms with E-state index in [2.05, 4.69) is 20.9 Å². The number of para-hydroxylation sites is 1. The zero-order valence-corrected chi connectivity index (χ0v) is 23.5. The molecule has 0 saturated heterocycles. The van der Waals surface area contributed by atoms with Crippen LogP contribution in [0.15, 0.2) is 60.8 Å². The van der Waals surface area contributed by atoms with Gasteiger partial charge in [0.2, 0.25) is 17.7 Å². The van der Waals surface area contributed by atoms with Gasteiger partial charge < -0.3 is 36.9 Å². The third-order valence-electron chi connectivity index (χ3n) is 7.15. The average molecular weight is 580 g/mol. The van der Waals surface area contributed by atoms with Crippen molar-refractivity contribution in [3.63, 3.8) is 0 Å². The van der Waals surface area contributed by atoms with Gasteiger partial charge in [0.15, 0.2) is 0 Å². The van der Waals surface area contributed by atoms with E-state index in [1.165, 1.54) is 0 Å². The first-order chi connectivity index (χ1) is 20.0.